The fraction of sp³-hybridized carbons (Fsp3) is 0.100. The van der Waals surface area contributed by atoms with Gasteiger partial charge in [-0.1, -0.05) is 0 Å². The second kappa shape index (κ2) is 5.50. The van der Waals surface area contributed by atoms with Crippen LogP contribution in [0.5, 0.6) is 5.75 Å². The Kier molecular flexibility index (Phi) is 4.02. The molecule has 16 heavy (non-hydrogen) atoms. The Morgan fingerprint density at radius 1 is 1.38 bits per heavy atom. The molecule has 1 rings (SSSR count). The van der Waals surface area contributed by atoms with Gasteiger partial charge in [0.25, 0.3) is 5.91 Å². The molecule has 1 amide bonds. The van der Waals surface area contributed by atoms with E-state index in [-0.39, 0.29) is 0 Å². The fourth-order valence-corrected chi connectivity index (χ4v) is 0.953. The van der Waals surface area contributed by atoms with Gasteiger partial charge in [-0.15, -0.1) is 0 Å². The zero-order valence-corrected chi connectivity index (χ0v) is 8.51. The van der Waals surface area contributed by atoms with Crippen LogP contribution in [0.2, 0.25) is 0 Å². The lowest BCUT2D eigenvalue weighted by Gasteiger charge is -2.01. The van der Waals surface area contributed by atoms with Crippen molar-refractivity contribution in [3.63, 3.8) is 0 Å². The van der Waals surface area contributed by atoms with Crippen LogP contribution in [-0.4, -0.2) is 30.3 Å². The van der Waals surface area contributed by atoms with E-state index in [1.165, 1.54) is 7.11 Å². The van der Waals surface area contributed by atoms with E-state index < -0.39 is 11.9 Å². The largest absolute Gasteiger partial charge is 0.497 e. The molecule has 0 aliphatic heterocycles. The standard InChI is InChI=1S/C10H10N2O4/c1-16-8-4-2-7(3-5-8)10(15)12-11-6-9(13)14/h2-6H,1H3,(H,12,15)(H,13,14). The van der Waals surface area contributed by atoms with Crippen molar-refractivity contribution in [1.82, 2.24) is 5.43 Å². The normalized spacial score (nSPS) is 10.1. The molecule has 1 aromatic carbocycles. The summed E-state index contributed by atoms with van der Waals surface area (Å²) >= 11 is 0. The van der Waals surface area contributed by atoms with E-state index in [2.05, 4.69) is 10.5 Å². The molecule has 2 N–H and O–H groups in total. The predicted octanol–water partition coefficient (Wildman–Crippen LogP) is 0.495. The van der Waals surface area contributed by atoms with Crippen LogP contribution in [-0.2, 0) is 4.79 Å². The highest BCUT2D eigenvalue weighted by Gasteiger charge is 2.03. The monoisotopic (exact) mass is 222 g/mol. The summed E-state index contributed by atoms with van der Waals surface area (Å²) in [5.41, 5.74) is 2.44. The molecule has 0 saturated heterocycles. The van der Waals surface area contributed by atoms with Gasteiger partial charge in [0.05, 0.1) is 7.11 Å². The minimum Gasteiger partial charge on any atom is -0.497 e. The van der Waals surface area contributed by atoms with E-state index >= 15 is 0 Å². The van der Waals surface area contributed by atoms with Gasteiger partial charge in [0.1, 0.15) is 12.0 Å². The van der Waals surface area contributed by atoms with Gasteiger partial charge < -0.3 is 9.84 Å². The molecule has 0 spiro atoms. The zero-order valence-electron chi connectivity index (χ0n) is 8.51. The minimum atomic E-state index is -1.23. The number of carboxylic acids is 1. The Morgan fingerprint density at radius 2 is 2.00 bits per heavy atom. The zero-order chi connectivity index (χ0) is 12.0. The average molecular weight is 222 g/mol. The van der Waals surface area contributed by atoms with Gasteiger partial charge in [0.2, 0.25) is 0 Å². The first-order chi connectivity index (χ1) is 7.63. The molecule has 0 bridgehead atoms. The van der Waals surface area contributed by atoms with E-state index in [4.69, 9.17) is 9.84 Å². The number of hydrazone groups is 1. The molecule has 0 saturated carbocycles. The number of carbonyl (C=O) groups is 2. The number of nitrogens with one attached hydrogen (secondary N) is 1. The van der Waals surface area contributed by atoms with Crippen molar-refractivity contribution in [2.75, 3.05) is 7.11 Å². The van der Waals surface area contributed by atoms with Crippen LogP contribution in [0.25, 0.3) is 0 Å². The third-order valence-electron chi connectivity index (χ3n) is 1.69. The quantitative estimate of drug-likeness (QED) is 0.573. The third-order valence-corrected chi connectivity index (χ3v) is 1.69. The Labute approximate surface area is 91.5 Å². The maximum Gasteiger partial charge on any atom is 0.348 e. The maximum absolute atomic E-state index is 11.4. The van der Waals surface area contributed by atoms with Crippen molar-refractivity contribution in [2.45, 2.75) is 0 Å². The van der Waals surface area contributed by atoms with E-state index in [0.717, 1.165) is 0 Å². The van der Waals surface area contributed by atoms with Crippen molar-refractivity contribution in [2.24, 2.45) is 5.10 Å². The number of carboxylic acid groups (broad SMARTS) is 1. The maximum atomic E-state index is 11.4. The molecular formula is C10H10N2O4. The SMILES string of the molecule is COc1ccc(C(=O)NN=CC(=O)O)cc1. The van der Waals surface area contributed by atoms with Crippen LogP contribution in [0, 0.1) is 0 Å². The summed E-state index contributed by atoms with van der Waals surface area (Å²) in [6, 6.07) is 6.33. The number of carbonyl (C=O) groups excluding carboxylic acids is 1. The Morgan fingerprint density at radius 3 is 2.50 bits per heavy atom. The number of rotatable bonds is 4. The molecular weight excluding hydrogens is 212 g/mol. The summed E-state index contributed by atoms with van der Waals surface area (Å²) in [5, 5.41) is 11.5. The Bertz CT molecular complexity index is 411. The summed E-state index contributed by atoms with van der Waals surface area (Å²) in [7, 11) is 1.52. The number of methoxy groups -OCH3 is 1. The molecule has 0 aliphatic rings. The summed E-state index contributed by atoms with van der Waals surface area (Å²) < 4.78 is 4.92. The second-order valence-corrected chi connectivity index (χ2v) is 2.77. The lowest BCUT2D eigenvalue weighted by atomic mass is 10.2. The van der Waals surface area contributed by atoms with Gasteiger partial charge in [-0.2, -0.15) is 5.10 Å². The first kappa shape index (κ1) is 11.7. The van der Waals surface area contributed by atoms with Crippen LogP contribution < -0.4 is 10.2 Å². The average Bonchev–Trinajstić information content (AvgIpc) is 2.28. The fourth-order valence-electron chi connectivity index (χ4n) is 0.953. The highest BCUT2D eigenvalue weighted by molar-refractivity contribution is 6.22. The molecule has 6 nitrogen and oxygen atoms in total. The number of aliphatic carboxylic acids is 1. The number of hydrogen-bond donors (Lipinski definition) is 2. The van der Waals surface area contributed by atoms with Gasteiger partial charge in [-0.25, -0.2) is 10.2 Å². The summed E-state index contributed by atoms with van der Waals surface area (Å²) in [6.07, 6.45) is 0.599. The Balaban J connectivity index is 2.62. The molecule has 6 heteroatoms. The predicted molar refractivity (Wildman–Crippen MR) is 56.6 cm³/mol. The van der Waals surface area contributed by atoms with Gasteiger partial charge in [0.15, 0.2) is 0 Å². The number of ether oxygens (including phenoxy) is 1. The smallest absolute Gasteiger partial charge is 0.348 e. The van der Waals surface area contributed by atoms with Crippen LogP contribution in [0.15, 0.2) is 29.4 Å². The van der Waals surface area contributed by atoms with Crippen LogP contribution >= 0.6 is 0 Å². The van der Waals surface area contributed by atoms with Crippen molar-refractivity contribution >= 4 is 18.1 Å². The molecule has 0 aliphatic carbocycles. The summed E-state index contributed by atoms with van der Waals surface area (Å²) in [5.74, 6) is -1.08. The summed E-state index contributed by atoms with van der Waals surface area (Å²) in [6.45, 7) is 0. The minimum absolute atomic E-state index is 0.364. The molecule has 0 aromatic heterocycles. The number of nitrogens with zero attached hydrogens (tertiary/aromatic N) is 1. The number of benzene rings is 1. The van der Waals surface area contributed by atoms with Crippen molar-refractivity contribution in [3.8, 4) is 5.75 Å². The van der Waals surface area contributed by atoms with Crippen molar-refractivity contribution in [1.29, 1.82) is 0 Å². The van der Waals surface area contributed by atoms with Crippen LogP contribution in [0.3, 0.4) is 0 Å². The first-order valence-electron chi connectivity index (χ1n) is 4.34. The number of amides is 1. The van der Waals surface area contributed by atoms with Crippen LogP contribution in [0.4, 0.5) is 0 Å². The van der Waals surface area contributed by atoms with Gasteiger partial charge in [-0.3, -0.25) is 4.79 Å². The van der Waals surface area contributed by atoms with E-state index in [1.807, 2.05) is 0 Å². The lowest BCUT2D eigenvalue weighted by molar-refractivity contribution is -0.128. The molecule has 0 radical (unpaired) electrons. The molecule has 0 fully saturated rings. The van der Waals surface area contributed by atoms with Crippen molar-refractivity contribution in [3.05, 3.63) is 29.8 Å². The molecule has 0 heterocycles. The molecule has 84 valence electrons. The molecule has 0 unspecified atom stereocenters. The van der Waals surface area contributed by atoms with E-state index in [0.29, 0.717) is 17.5 Å². The van der Waals surface area contributed by atoms with Crippen LogP contribution in [0.1, 0.15) is 10.4 Å². The second-order valence-electron chi connectivity index (χ2n) is 2.77. The lowest BCUT2D eigenvalue weighted by Crippen LogP contribution is -2.18. The Hall–Kier alpha value is -2.37. The van der Waals surface area contributed by atoms with Crippen molar-refractivity contribution < 1.29 is 19.4 Å². The molecule has 0 atom stereocenters. The van der Waals surface area contributed by atoms with E-state index in [9.17, 15) is 9.59 Å². The number of hydrogen-bond acceptors (Lipinski definition) is 4. The van der Waals surface area contributed by atoms with Gasteiger partial charge in [-0.05, 0) is 24.3 Å². The van der Waals surface area contributed by atoms with Gasteiger partial charge >= 0.3 is 5.97 Å². The third kappa shape index (κ3) is 3.41. The summed E-state index contributed by atoms with van der Waals surface area (Å²) in [4.78, 5) is 21.5. The van der Waals surface area contributed by atoms with Gasteiger partial charge in [0, 0.05) is 5.56 Å². The topological polar surface area (TPSA) is 88.0 Å². The first-order valence-corrected chi connectivity index (χ1v) is 4.34. The molecule has 1 aromatic rings. The highest BCUT2D eigenvalue weighted by Crippen LogP contribution is 2.10. The van der Waals surface area contributed by atoms with E-state index in [1.54, 1.807) is 24.3 Å². The highest BCUT2D eigenvalue weighted by atomic mass is 16.5.